The number of likely N-dealkylation sites (N-methyl/N-ethyl adjacent to an activating group) is 4. The molecule has 0 radical (unpaired) electrons. The molecule has 2 fully saturated rings. The number of benzene rings is 4. The summed E-state index contributed by atoms with van der Waals surface area (Å²) < 4.78 is 6.12. The van der Waals surface area contributed by atoms with Crippen LogP contribution in [0.4, 0.5) is 0 Å². The highest BCUT2D eigenvalue weighted by molar-refractivity contribution is 6.30. The number of piperidine rings is 1. The van der Waals surface area contributed by atoms with Gasteiger partial charge < -0.3 is 70.7 Å². The van der Waals surface area contributed by atoms with Crippen LogP contribution in [0.1, 0.15) is 141 Å². The summed E-state index contributed by atoms with van der Waals surface area (Å²) in [6.07, 6.45) is 8.03. The van der Waals surface area contributed by atoms with Crippen LogP contribution in [0.15, 0.2) is 109 Å². The summed E-state index contributed by atoms with van der Waals surface area (Å²) in [4.78, 5) is 189. The average Bonchev–Trinajstić information content (AvgIpc) is 1.27. The van der Waals surface area contributed by atoms with Crippen molar-refractivity contribution in [1.82, 2.24) is 71.3 Å². The summed E-state index contributed by atoms with van der Waals surface area (Å²) in [7, 11) is 5.83. The Kier molecular flexibility index (Phi) is 32.7. The molecule has 28 heteroatoms. The van der Waals surface area contributed by atoms with E-state index in [-0.39, 0.29) is 83.3 Å². The monoisotopic (exact) mass is 1560 g/mol. The minimum atomic E-state index is -1.72. The number of amides is 11. The molecule has 0 bridgehead atoms. The number of hydrogen-bond donors (Lipinski definition) is 8. The minimum Gasteiger partial charge on any atom is -0.488 e. The lowest BCUT2D eigenvalue weighted by molar-refractivity contribution is -0.149. The first-order valence-electron chi connectivity index (χ1n) is 39.3. The van der Waals surface area contributed by atoms with E-state index in [4.69, 9.17) is 16.3 Å². The van der Waals surface area contributed by atoms with Gasteiger partial charge in [0.1, 0.15) is 23.2 Å². The van der Waals surface area contributed by atoms with Gasteiger partial charge in [-0.05, 0) is 144 Å². The van der Waals surface area contributed by atoms with Gasteiger partial charge in [0.05, 0.1) is 44.1 Å². The number of Topliss-reactive ketones (excluding diaryl/α,β-unsaturated/α-hetero) is 1. The Bertz CT molecular complexity index is 4240. The summed E-state index contributed by atoms with van der Waals surface area (Å²) in [6, 6.07) is 23.3. The number of hydrogen-bond acceptors (Lipinski definition) is 14. The number of aromatic nitrogens is 2. The molecule has 2 aromatic heterocycles. The molecule has 8 N–H and O–H groups in total. The van der Waals surface area contributed by atoms with Crippen LogP contribution in [0.3, 0.4) is 0 Å². The van der Waals surface area contributed by atoms with Gasteiger partial charge >= 0.3 is 0 Å². The third-order valence-electron chi connectivity index (χ3n) is 20.5. The number of rotatable bonds is 15. The van der Waals surface area contributed by atoms with Crippen molar-refractivity contribution in [3.8, 4) is 5.75 Å². The summed E-state index contributed by atoms with van der Waals surface area (Å²) in [5.41, 5.74) is 4.21. The van der Waals surface area contributed by atoms with Crippen LogP contribution >= 0.6 is 11.6 Å². The predicted octanol–water partition coefficient (Wildman–Crippen LogP) is 6.82. The summed E-state index contributed by atoms with van der Waals surface area (Å²) >= 11 is 6.45. The summed E-state index contributed by atoms with van der Waals surface area (Å²) in [5, 5.41) is 20.1. The van der Waals surface area contributed by atoms with Crippen LogP contribution in [0.2, 0.25) is 5.02 Å². The fourth-order valence-electron chi connectivity index (χ4n) is 14.4. The molecule has 0 unspecified atom stereocenters. The van der Waals surface area contributed by atoms with Gasteiger partial charge in [0.2, 0.25) is 53.2 Å². The number of nitrogens with zero attached hydrogens (tertiary/aromatic N) is 6. The van der Waals surface area contributed by atoms with E-state index in [9.17, 15) is 52.7 Å². The van der Waals surface area contributed by atoms with Crippen molar-refractivity contribution >= 4 is 104 Å². The number of fused-ring (bicyclic) bond motifs is 2. The van der Waals surface area contributed by atoms with Crippen LogP contribution in [0, 0.1) is 11.8 Å². The van der Waals surface area contributed by atoms with Crippen LogP contribution < -0.4 is 36.6 Å². The number of carbonyl (C=O) groups excluding carboxylic acids is 12. The maximum atomic E-state index is 15.2. The zero-order valence-electron chi connectivity index (χ0n) is 66.9. The van der Waals surface area contributed by atoms with Gasteiger partial charge in [0.15, 0.2) is 6.04 Å². The normalized spacial score (nSPS) is 22.5. The van der Waals surface area contributed by atoms with Gasteiger partial charge in [-0.3, -0.25) is 62.9 Å². The van der Waals surface area contributed by atoms with E-state index in [1.54, 1.807) is 45.0 Å². The number of ether oxygens (including phenoxy) is 1. The largest absolute Gasteiger partial charge is 0.488 e. The minimum absolute atomic E-state index is 0.0397. The number of H-pyrrole nitrogens is 2. The lowest BCUT2D eigenvalue weighted by Crippen LogP contribution is -2.59. The molecular weight excluding hydrogens is 1450 g/mol. The molecule has 8 atom stereocenters. The fraction of sp³-hybridized carbons (Fsp3) is 0.524. The highest BCUT2D eigenvalue weighted by Gasteiger charge is 2.38. The van der Waals surface area contributed by atoms with Gasteiger partial charge in [-0.25, -0.2) is 0 Å². The molecular formula is C84H115ClN14O13. The van der Waals surface area contributed by atoms with Crippen molar-refractivity contribution in [2.24, 2.45) is 11.8 Å². The summed E-state index contributed by atoms with van der Waals surface area (Å²) in [5.74, 6) is -7.98. The van der Waals surface area contributed by atoms with Crippen LogP contribution in [-0.4, -0.2) is 239 Å². The first-order chi connectivity index (χ1) is 53.4. The maximum absolute atomic E-state index is 15.2. The molecule has 6 aromatic rings. The second-order valence-electron chi connectivity index (χ2n) is 31.2. The van der Waals surface area contributed by atoms with E-state index < -0.39 is 138 Å². The number of nitrogens with one attached hydrogen (secondary N) is 8. The molecule has 2 saturated heterocycles. The third-order valence-corrected chi connectivity index (χ3v) is 20.8. The highest BCUT2D eigenvalue weighted by Crippen LogP contribution is 2.26. The van der Waals surface area contributed by atoms with Crippen molar-refractivity contribution < 1.29 is 62.3 Å². The predicted molar refractivity (Wildman–Crippen MR) is 430 cm³/mol. The quantitative estimate of drug-likeness (QED) is 0.0489. The van der Waals surface area contributed by atoms with E-state index in [0.29, 0.717) is 61.5 Å². The number of unbranched alkanes of at least 4 members (excludes halogenated alkanes) is 1. The van der Waals surface area contributed by atoms with E-state index >= 15 is 4.79 Å². The van der Waals surface area contributed by atoms with Crippen LogP contribution in [-0.2, 0) is 83.2 Å². The highest BCUT2D eigenvalue weighted by atomic mass is 35.5. The Morgan fingerprint density at radius 2 is 1.24 bits per heavy atom. The van der Waals surface area contributed by atoms with Gasteiger partial charge in [0.25, 0.3) is 11.8 Å². The molecule has 4 aromatic carbocycles. The Morgan fingerprint density at radius 1 is 0.598 bits per heavy atom. The Morgan fingerprint density at radius 3 is 1.88 bits per heavy atom. The average molecular weight is 1560 g/mol. The molecule has 2 aliphatic heterocycles. The second kappa shape index (κ2) is 41.9. The van der Waals surface area contributed by atoms with Crippen LogP contribution in [0.25, 0.3) is 21.8 Å². The van der Waals surface area contributed by atoms with Gasteiger partial charge in [-0.1, -0.05) is 106 Å². The first-order valence-corrected chi connectivity index (χ1v) is 39.7. The van der Waals surface area contributed by atoms with Crippen molar-refractivity contribution in [3.05, 3.63) is 137 Å². The standard InChI is InChI=1S/C84H115ClN14O13/c1-12-14-27-70-79(107)89-48-60(42-58-46-86-68-28-18-16-25-66(58)68)78(106)92-62(40-56-31-33-65(34-32-56)112-84(5,6)7)45-74(103)95(9)52-75(104)94(8)50-54(3)81(109)97(11)71(41-57-23-22-24-61(85)39-57)82(110)96(10)53-76(105)99(36-13-2)51-73(102)93-77(83(111)98-37-20-15-21-38-98)80(108)90-55(4)30-35-72(101)91-63(44-64(100)49-88-70)43-59-47-87-69-29-19-17-26-67(59)69/h16-19,22-26,28-29,31-34,39,46-47,54-55,60,62-63,70-71,77,86-88H,12-15,20-21,27,30,35-38,40-45,48-53H2,1-11H3,(H,89,107)(H,90,108)(H,91,101)(H,92,106)(H,93,102)/t54-,55+,60-,62-,63+,70+,71+,77-/m1/s1. The fourth-order valence-corrected chi connectivity index (χ4v) is 14.6. The second-order valence-corrected chi connectivity index (χ2v) is 31.6. The van der Waals surface area contributed by atoms with Gasteiger partial charge in [-0.2, -0.15) is 0 Å². The molecule has 2 aliphatic rings. The Hall–Kier alpha value is -10.2. The zero-order chi connectivity index (χ0) is 81.3. The molecule has 0 aliphatic carbocycles. The van der Waals surface area contributed by atoms with Crippen molar-refractivity contribution in [1.29, 1.82) is 0 Å². The maximum Gasteiger partial charge on any atom is 0.254 e. The molecule has 11 amide bonds. The third kappa shape index (κ3) is 26.2. The number of ketones is 1. The lowest BCUT2D eigenvalue weighted by Gasteiger charge is -2.34. The van der Waals surface area contributed by atoms with E-state index in [1.807, 2.05) is 113 Å². The SMILES string of the molecule is CCCC[C@@H]1NCC(=O)C[C@H](Cc2c[nH]c3ccccc23)NC(=O)CC[C@H](C)NC(=O)[C@H](C(=O)N2CCCCC2)NC(=O)CN(CCC)C(=O)CN(C)C(=O)[C@H](Cc2cccc(Cl)c2)N(C)C(=O)[C@H](C)CN(C)C(=O)CN(C)C(=O)C[C@@H](Cc2ccc(OC(C)(C)C)cc2)NC(=O)[C@H](Cc2c[nH]c3ccccc23)CNC1=O. The van der Waals surface area contributed by atoms with Crippen LogP contribution in [0.5, 0.6) is 5.75 Å². The van der Waals surface area contributed by atoms with E-state index in [2.05, 4.69) is 41.9 Å². The number of carbonyl (C=O) groups is 12. The van der Waals surface area contributed by atoms with Gasteiger partial charge in [0, 0.05) is 144 Å². The summed E-state index contributed by atoms with van der Waals surface area (Å²) in [6.45, 7) is 11.5. The molecule has 4 heterocycles. The zero-order valence-corrected chi connectivity index (χ0v) is 67.6. The number of aromatic amines is 2. The Labute approximate surface area is 662 Å². The Balaban J connectivity index is 1.10. The van der Waals surface area contributed by atoms with E-state index in [0.717, 1.165) is 56.2 Å². The molecule has 0 spiro atoms. The molecule has 112 heavy (non-hydrogen) atoms. The first kappa shape index (κ1) is 87.4. The van der Waals surface area contributed by atoms with Crippen molar-refractivity contribution in [3.63, 3.8) is 0 Å². The van der Waals surface area contributed by atoms with Crippen molar-refractivity contribution in [2.45, 2.75) is 187 Å². The number of para-hydroxylation sites is 2. The smallest absolute Gasteiger partial charge is 0.254 e. The molecule has 8 rings (SSSR count). The molecule has 606 valence electrons. The molecule has 0 saturated carbocycles. The van der Waals surface area contributed by atoms with E-state index in [1.165, 1.54) is 52.7 Å². The topological polar surface area (TPSA) is 337 Å². The number of halogens is 1. The number of likely N-dealkylation sites (tertiary alicyclic amines) is 1. The molecule has 27 nitrogen and oxygen atoms in total. The van der Waals surface area contributed by atoms with Crippen molar-refractivity contribution in [2.75, 3.05) is 87.1 Å². The van der Waals surface area contributed by atoms with Gasteiger partial charge in [-0.15, -0.1) is 0 Å². The lowest BCUT2D eigenvalue weighted by atomic mass is 9.95.